The van der Waals surface area contributed by atoms with Gasteiger partial charge in [0.05, 0.1) is 0 Å². The molecule has 0 atom stereocenters. The van der Waals surface area contributed by atoms with Gasteiger partial charge in [0.15, 0.2) is 0 Å². The van der Waals surface area contributed by atoms with E-state index in [1.165, 1.54) is 5.56 Å². The van der Waals surface area contributed by atoms with Gasteiger partial charge in [-0.05, 0) is 24.1 Å². The van der Waals surface area contributed by atoms with E-state index in [0.29, 0.717) is 11.8 Å². The third kappa shape index (κ3) is 2.51. The summed E-state index contributed by atoms with van der Waals surface area (Å²) in [6, 6.07) is 20.4. The van der Waals surface area contributed by atoms with Crippen molar-refractivity contribution in [1.82, 2.24) is 15.2 Å². The van der Waals surface area contributed by atoms with E-state index in [-0.39, 0.29) is 0 Å². The minimum Gasteiger partial charge on any atom is -0.419 e. The Hall–Kier alpha value is -2.88. The molecule has 2 aromatic carbocycles. The van der Waals surface area contributed by atoms with Gasteiger partial charge in [0.25, 0.3) is 5.89 Å². The van der Waals surface area contributed by atoms with E-state index < -0.39 is 0 Å². The van der Waals surface area contributed by atoms with Gasteiger partial charge in [-0.15, -0.1) is 10.2 Å². The maximum absolute atomic E-state index is 5.77. The van der Waals surface area contributed by atoms with E-state index in [9.17, 15) is 0 Å². The average molecular weight is 289 g/mol. The Labute approximate surface area is 127 Å². The number of nitrogens with zero attached hydrogens (tertiary/aromatic N) is 2. The molecule has 0 saturated carbocycles. The first-order chi connectivity index (χ1) is 10.9. The zero-order chi connectivity index (χ0) is 14.8. The lowest BCUT2D eigenvalue weighted by atomic mass is 10.1. The molecule has 4 rings (SSSR count). The highest BCUT2D eigenvalue weighted by atomic mass is 16.4. The number of aromatic nitrogens is 3. The van der Waals surface area contributed by atoms with Crippen molar-refractivity contribution in [3.8, 4) is 11.6 Å². The van der Waals surface area contributed by atoms with Crippen molar-refractivity contribution in [2.75, 3.05) is 0 Å². The molecule has 0 bridgehead atoms. The number of fused-ring (bicyclic) bond motifs is 1. The number of aryl methyl sites for hydroxylation is 2. The first-order valence-corrected chi connectivity index (χ1v) is 7.33. The van der Waals surface area contributed by atoms with Crippen molar-refractivity contribution >= 4 is 10.9 Å². The largest absolute Gasteiger partial charge is 0.419 e. The van der Waals surface area contributed by atoms with E-state index in [1.807, 2.05) is 42.5 Å². The van der Waals surface area contributed by atoms with Crippen LogP contribution in [0.2, 0.25) is 0 Å². The van der Waals surface area contributed by atoms with Gasteiger partial charge in [-0.3, -0.25) is 0 Å². The van der Waals surface area contributed by atoms with E-state index in [1.54, 1.807) is 0 Å². The van der Waals surface area contributed by atoms with E-state index in [4.69, 9.17) is 4.42 Å². The lowest BCUT2D eigenvalue weighted by Crippen LogP contribution is -1.90. The predicted molar refractivity (Wildman–Crippen MR) is 85.4 cm³/mol. The summed E-state index contributed by atoms with van der Waals surface area (Å²) in [6.07, 6.45) is 1.65. The SMILES string of the molecule is c1ccc(CCc2nnc(-c3cc4ccccc4[nH]3)o2)cc1. The zero-order valence-electron chi connectivity index (χ0n) is 12.0. The van der Waals surface area contributed by atoms with Crippen molar-refractivity contribution in [1.29, 1.82) is 0 Å². The minimum atomic E-state index is 0.541. The van der Waals surface area contributed by atoms with E-state index >= 15 is 0 Å². The van der Waals surface area contributed by atoms with Crippen molar-refractivity contribution < 1.29 is 4.42 Å². The summed E-state index contributed by atoms with van der Waals surface area (Å²) in [6.45, 7) is 0. The molecule has 4 heteroatoms. The normalized spacial score (nSPS) is 11.1. The fourth-order valence-corrected chi connectivity index (χ4v) is 2.55. The molecule has 0 unspecified atom stereocenters. The van der Waals surface area contributed by atoms with Crippen LogP contribution in [-0.2, 0) is 12.8 Å². The van der Waals surface area contributed by atoms with Crippen LogP contribution in [0.25, 0.3) is 22.5 Å². The third-order valence-electron chi connectivity index (χ3n) is 3.70. The van der Waals surface area contributed by atoms with Crippen molar-refractivity contribution in [3.63, 3.8) is 0 Å². The summed E-state index contributed by atoms with van der Waals surface area (Å²) in [5.41, 5.74) is 3.20. The smallest absolute Gasteiger partial charge is 0.264 e. The molecule has 2 heterocycles. The topological polar surface area (TPSA) is 54.7 Å². The number of benzene rings is 2. The van der Waals surface area contributed by atoms with Gasteiger partial charge in [-0.25, -0.2) is 0 Å². The molecule has 1 N–H and O–H groups in total. The van der Waals surface area contributed by atoms with Crippen molar-refractivity contribution in [2.24, 2.45) is 0 Å². The quantitative estimate of drug-likeness (QED) is 0.617. The van der Waals surface area contributed by atoms with Crippen LogP contribution < -0.4 is 0 Å². The highest BCUT2D eigenvalue weighted by Gasteiger charge is 2.11. The monoisotopic (exact) mass is 289 g/mol. The molecule has 22 heavy (non-hydrogen) atoms. The Bertz CT molecular complexity index is 860. The van der Waals surface area contributed by atoms with Crippen LogP contribution in [0.4, 0.5) is 0 Å². The number of hydrogen-bond acceptors (Lipinski definition) is 3. The van der Waals surface area contributed by atoms with Crippen LogP contribution >= 0.6 is 0 Å². The van der Waals surface area contributed by atoms with E-state index in [2.05, 4.69) is 33.4 Å². The molecule has 108 valence electrons. The fraction of sp³-hybridized carbons (Fsp3) is 0.111. The van der Waals surface area contributed by atoms with Gasteiger partial charge in [0.2, 0.25) is 5.89 Å². The summed E-state index contributed by atoms with van der Waals surface area (Å²) in [5.74, 6) is 1.21. The van der Waals surface area contributed by atoms with Gasteiger partial charge in [-0.1, -0.05) is 48.5 Å². The third-order valence-corrected chi connectivity index (χ3v) is 3.70. The Morgan fingerprint density at radius 2 is 1.68 bits per heavy atom. The van der Waals surface area contributed by atoms with Gasteiger partial charge in [0.1, 0.15) is 5.69 Å². The summed E-state index contributed by atoms with van der Waals surface area (Å²) in [4.78, 5) is 3.30. The van der Waals surface area contributed by atoms with Crippen LogP contribution in [0.5, 0.6) is 0 Å². The highest BCUT2D eigenvalue weighted by Crippen LogP contribution is 2.23. The second kappa shape index (κ2) is 5.48. The summed E-state index contributed by atoms with van der Waals surface area (Å²) >= 11 is 0. The van der Waals surface area contributed by atoms with Crippen LogP contribution in [0.3, 0.4) is 0 Å². The number of hydrogen-bond donors (Lipinski definition) is 1. The summed E-state index contributed by atoms with van der Waals surface area (Å²) < 4.78 is 5.77. The molecule has 0 fully saturated rings. The second-order valence-electron chi connectivity index (χ2n) is 5.26. The van der Waals surface area contributed by atoms with Crippen LogP contribution in [0.1, 0.15) is 11.5 Å². The van der Waals surface area contributed by atoms with Crippen LogP contribution in [0.15, 0.2) is 65.1 Å². The molecule has 0 spiro atoms. The predicted octanol–water partition coefficient (Wildman–Crippen LogP) is 4.00. The van der Waals surface area contributed by atoms with Crippen LogP contribution in [0, 0.1) is 0 Å². The molecule has 2 aromatic heterocycles. The van der Waals surface area contributed by atoms with Gasteiger partial charge < -0.3 is 9.40 Å². The molecular weight excluding hydrogens is 274 g/mol. The van der Waals surface area contributed by atoms with E-state index in [0.717, 1.165) is 29.4 Å². The highest BCUT2D eigenvalue weighted by molar-refractivity contribution is 5.84. The van der Waals surface area contributed by atoms with Crippen molar-refractivity contribution in [3.05, 3.63) is 72.1 Å². The van der Waals surface area contributed by atoms with Gasteiger partial charge in [0, 0.05) is 17.3 Å². The number of rotatable bonds is 4. The molecule has 0 aliphatic carbocycles. The molecular formula is C18H15N3O. The van der Waals surface area contributed by atoms with Crippen LogP contribution in [-0.4, -0.2) is 15.2 Å². The fourth-order valence-electron chi connectivity index (χ4n) is 2.55. The minimum absolute atomic E-state index is 0.541. The first-order valence-electron chi connectivity index (χ1n) is 7.33. The Morgan fingerprint density at radius 1 is 0.864 bits per heavy atom. The maximum atomic E-state index is 5.77. The summed E-state index contributed by atoms with van der Waals surface area (Å²) in [7, 11) is 0. The molecule has 4 aromatic rings. The average Bonchev–Trinajstić information content (AvgIpc) is 3.20. The zero-order valence-corrected chi connectivity index (χ0v) is 12.0. The number of H-pyrrole nitrogens is 1. The Balaban J connectivity index is 1.53. The Morgan fingerprint density at radius 3 is 2.55 bits per heavy atom. The molecule has 0 aliphatic heterocycles. The van der Waals surface area contributed by atoms with Crippen molar-refractivity contribution in [2.45, 2.75) is 12.8 Å². The standard InChI is InChI=1S/C18H15N3O/c1-2-6-13(7-3-1)10-11-17-20-21-18(22-17)16-12-14-8-4-5-9-15(14)19-16/h1-9,12,19H,10-11H2. The molecule has 0 amide bonds. The molecule has 0 aliphatic rings. The van der Waals surface area contributed by atoms with Gasteiger partial charge in [-0.2, -0.15) is 0 Å². The Kier molecular flexibility index (Phi) is 3.20. The molecule has 4 nitrogen and oxygen atoms in total. The lowest BCUT2D eigenvalue weighted by Gasteiger charge is -1.96. The molecule has 0 radical (unpaired) electrons. The molecule has 0 saturated heterocycles. The lowest BCUT2D eigenvalue weighted by molar-refractivity contribution is 0.503. The summed E-state index contributed by atoms with van der Waals surface area (Å²) in [5, 5.41) is 9.43. The maximum Gasteiger partial charge on any atom is 0.264 e. The first kappa shape index (κ1) is 12.8. The number of para-hydroxylation sites is 1. The number of nitrogens with one attached hydrogen (secondary N) is 1. The second-order valence-corrected chi connectivity index (χ2v) is 5.26. The van der Waals surface area contributed by atoms with Gasteiger partial charge >= 0.3 is 0 Å². The number of aromatic amines is 1.